The summed E-state index contributed by atoms with van der Waals surface area (Å²) in [6.07, 6.45) is 1.60. The van der Waals surface area contributed by atoms with Gasteiger partial charge in [-0.05, 0) is 12.3 Å². The lowest BCUT2D eigenvalue weighted by molar-refractivity contribution is 0.438. The molecule has 5 nitrogen and oxygen atoms in total. The van der Waals surface area contributed by atoms with Crippen molar-refractivity contribution in [3.05, 3.63) is 11.6 Å². The number of hydrogen-bond acceptors (Lipinski definition) is 4. The topological polar surface area (TPSA) is 78.4 Å². The lowest BCUT2D eigenvalue weighted by Crippen LogP contribution is -2.49. The van der Waals surface area contributed by atoms with Crippen LogP contribution in [0.5, 0.6) is 0 Å². The third-order valence-electron chi connectivity index (χ3n) is 1.05. The van der Waals surface area contributed by atoms with Crippen LogP contribution in [0.25, 0.3) is 0 Å². The molecule has 1 atom stereocenters. The number of hydrogen-bond donors (Lipinski definition) is 3. The second-order valence-corrected chi connectivity index (χ2v) is 4.65. The number of thioether (sulfide) groups is 1. The lowest BCUT2D eigenvalue weighted by Gasteiger charge is -2.22. The second-order valence-electron chi connectivity index (χ2n) is 2.18. The van der Waals surface area contributed by atoms with Crippen LogP contribution in [0.15, 0.2) is 11.6 Å². The van der Waals surface area contributed by atoms with E-state index in [0.717, 1.165) is 0 Å². The molecule has 1 aliphatic heterocycles. The summed E-state index contributed by atoms with van der Waals surface area (Å²) < 4.78 is 31.1. The molecule has 3 N–H and O–H groups in total. The highest BCUT2D eigenvalue weighted by atomic mass is 32.2. The molecule has 1 unspecified atom stereocenters. The molecular formula is C4H8N2O3S2. The van der Waals surface area contributed by atoms with E-state index in [2.05, 4.69) is 5.32 Å². The van der Waals surface area contributed by atoms with Gasteiger partial charge in [-0.3, -0.25) is 4.55 Å². The highest BCUT2D eigenvalue weighted by molar-refractivity contribution is 8.04. The highest BCUT2D eigenvalue weighted by Crippen LogP contribution is 2.25. The summed E-state index contributed by atoms with van der Waals surface area (Å²) in [5.74, 6) is 0. The smallest absolute Gasteiger partial charge is 0.336 e. The molecule has 0 aromatic heterocycles. The molecule has 0 saturated carbocycles. The molecular weight excluding hydrogens is 188 g/mol. The van der Waals surface area contributed by atoms with E-state index in [1.54, 1.807) is 18.5 Å². The van der Waals surface area contributed by atoms with E-state index in [0.29, 0.717) is 0 Å². The van der Waals surface area contributed by atoms with Crippen LogP contribution in [-0.2, 0) is 10.3 Å². The van der Waals surface area contributed by atoms with Crippen molar-refractivity contribution in [3.8, 4) is 0 Å². The Hall–Kier alpha value is -0.240. The summed E-state index contributed by atoms with van der Waals surface area (Å²) in [5.41, 5.74) is 0. The molecule has 0 aromatic rings. The summed E-state index contributed by atoms with van der Waals surface area (Å²) in [7, 11) is -4.14. The lowest BCUT2D eigenvalue weighted by atomic mass is 10.6. The molecule has 64 valence electrons. The average Bonchev–Trinajstić information content (AvgIpc) is 2.09. The summed E-state index contributed by atoms with van der Waals surface area (Å²) in [5, 5.41) is 4.41. The van der Waals surface area contributed by atoms with Crippen molar-refractivity contribution < 1.29 is 13.0 Å². The number of rotatable bonds is 2. The van der Waals surface area contributed by atoms with Crippen molar-refractivity contribution in [3.63, 3.8) is 0 Å². The van der Waals surface area contributed by atoms with Crippen molar-refractivity contribution in [2.24, 2.45) is 0 Å². The molecule has 11 heavy (non-hydrogen) atoms. The van der Waals surface area contributed by atoms with Gasteiger partial charge in [0.05, 0.1) is 0 Å². The van der Waals surface area contributed by atoms with Crippen LogP contribution in [0, 0.1) is 0 Å². The molecule has 1 rings (SSSR count). The van der Waals surface area contributed by atoms with Crippen molar-refractivity contribution in [2.75, 3.05) is 0 Å². The van der Waals surface area contributed by atoms with Gasteiger partial charge in [-0.1, -0.05) is 11.8 Å². The van der Waals surface area contributed by atoms with Gasteiger partial charge in [-0.2, -0.15) is 13.1 Å². The predicted octanol–water partition coefficient (Wildman–Crippen LogP) is -0.140. The van der Waals surface area contributed by atoms with Crippen LogP contribution < -0.4 is 10.0 Å². The molecule has 0 aromatic carbocycles. The van der Waals surface area contributed by atoms with Crippen LogP contribution in [0.4, 0.5) is 0 Å². The highest BCUT2D eigenvalue weighted by Gasteiger charge is 2.29. The predicted molar refractivity (Wildman–Crippen MR) is 43.0 cm³/mol. The molecule has 0 aliphatic carbocycles. The fourth-order valence-corrected chi connectivity index (χ4v) is 2.30. The minimum atomic E-state index is -4.14. The van der Waals surface area contributed by atoms with Crippen LogP contribution in [0.1, 0.15) is 6.92 Å². The zero-order valence-electron chi connectivity index (χ0n) is 5.73. The monoisotopic (exact) mass is 196 g/mol. The van der Waals surface area contributed by atoms with Crippen LogP contribution >= 0.6 is 11.8 Å². The Bertz CT molecular complexity index is 263. The maximum atomic E-state index is 10.4. The quantitative estimate of drug-likeness (QED) is 0.536. The summed E-state index contributed by atoms with van der Waals surface area (Å²) in [4.78, 5) is -0.854. The van der Waals surface area contributed by atoms with E-state index < -0.39 is 15.3 Å². The van der Waals surface area contributed by atoms with Gasteiger partial charge in [0.2, 0.25) is 0 Å². The zero-order chi connectivity index (χ0) is 8.54. The Labute approximate surface area is 69.1 Å². The van der Waals surface area contributed by atoms with Crippen molar-refractivity contribution >= 4 is 22.1 Å². The fraction of sp³-hybridized carbons (Fsp3) is 0.500. The molecule has 0 radical (unpaired) electrons. The standard InChI is InChI=1S/C4H8N2O3S2/c1-4(5-2-3-10-4)6-11(7,8)9/h2-3,5-6H,1H3,(H,7,8,9). The first-order chi connectivity index (χ1) is 4.91. The molecule has 0 spiro atoms. The normalized spacial score (nSPS) is 30.4. The van der Waals surface area contributed by atoms with Crippen molar-refractivity contribution in [1.82, 2.24) is 10.0 Å². The summed E-state index contributed by atoms with van der Waals surface area (Å²) >= 11 is 1.23. The van der Waals surface area contributed by atoms with Crippen molar-refractivity contribution in [1.29, 1.82) is 0 Å². The van der Waals surface area contributed by atoms with Gasteiger partial charge in [-0.15, -0.1) is 0 Å². The van der Waals surface area contributed by atoms with E-state index >= 15 is 0 Å². The first-order valence-corrected chi connectivity index (χ1v) is 5.10. The maximum Gasteiger partial charge on any atom is 0.336 e. The van der Waals surface area contributed by atoms with Gasteiger partial charge < -0.3 is 5.32 Å². The van der Waals surface area contributed by atoms with Gasteiger partial charge in [0.1, 0.15) is 0 Å². The third kappa shape index (κ3) is 2.70. The van der Waals surface area contributed by atoms with Gasteiger partial charge in [0.25, 0.3) is 0 Å². The SMILES string of the molecule is CC1(NS(=O)(=O)O)NC=CS1. The van der Waals surface area contributed by atoms with Crippen molar-refractivity contribution in [2.45, 2.75) is 11.9 Å². The van der Waals surface area contributed by atoms with Gasteiger partial charge in [-0.25, -0.2) is 0 Å². The fourth-order valence-electron chi connectivity index (χ4n) is 0.697. The number of nitrogens with one attached hydrogen (secondary N) is 2. The van der Waals surface area contributed by atoms with Gasteiger partial charge >= 0.3 is 10.3 Å². The van der Waals surface area contributed by atoms with Gasteiger partial charge in [0.15, 0.2) is 4.99 Å². The van der Waals surface area contributed by atoms with E-state index in [1.165, 1.54) is 11.8 Å². The molecule has 1 aliphatic rings. The maximum absolute atomic E-state index is 10.4. The Balaban J connectivity index is 2.63. The summed E-state index contributed by atoms with van der Waals surface area (Å²) in [6, 6.07) is 0. The molecule has 0 saturated heterocycles. The van der Waals surface area contributed by atoms with Gasteiger partial charge in [0, 0.05) is 6.20 Å². The average molecular weight is 196 g/mol. The van der Waals surface area contributed by atoms with Crippen LogP contribution in [-0.4, -0.2) is 18.0 Å². The first-order valence-electron chi connectivity index (χ1n) is 2.78. The summed E-state index contributed by atoms with van der Waals surface area (Å²) in [6.45, 7) is 1.60. The Morgan fingerprint density at radius 1 is 1.73 bits per heavy atom. The van der Waals surface area contributed by atoms with Crippen LogP contribution in [0.2, 0.25) is 0 Å². The first kappa shape index (κ1) is 8.85. The molecule has 0 amide bonds. The van der Waals surface area contributed by atoms with E-state index in [4.69, 9.17) is 4.55 Å². The molecule has 1 heterocycles. The molecule has 0 bridgehead atoms. The van der Waals surface area contributed by atoms with E-state index in [1.807, 2.05) is 4.72 Å². The Morgan fingerprint density at radius 3 is 2.73 bits per heavy atom. The second kappa shape index (κ2) is 2.67. The molecule has 7 heteroatoms. The van der Waals surface area contributed by atoms with Crippen LogP contribution in [0.3, 0.4) is 0 Å². The minimum Gasteiger partial charge on any atom is -0.364 e. The van der Waals surface area contributed by atoms with E-state index in [9.17, 15) is 8.42 Å². The largest absolute Gasteiger partial charge is 0.364 e. The minimum absolute atomic E-state index is 0.854. The van der Waals surface area contributed by atoms with E-state index in [-0.39, 0.29) is 0 Å². The zero-order valence-corrected chi connectivity index (χ0v) is 7.37. The molecule has 0 fully saturated rings. The Kier molecular flexibility index (Phi) is 2.15. The Morgan fingerprint density at radius 2 is 2.36 bits per heavy atom. The third-order valence-corrected chi connectivity index (χ3v) is 2.81.